The Labute approximate surface area is 115 Å². The zero-order valence-electron chi connectivity index (χ0n) is 11.4. The van der Waals surface area contributed by atoms with Crippen molar-refractivity contribution < 1.29 is 4.39 Å². The van der Waals surface area contributed by atoms with Gasteiger partial charge in [-0.15, -0.1) is 0 Å². The Bertz CT molecular complexity index is 404. The van der Waals surface area contributed by atoms with E-state index >= 15 is 0 Å². The van der Waals surface area contributed by atoms with Gasteiger partial charge in [-0.05, 0) is 43.5 Å². The summed E-state index contributed by atoms with van der Waals surface area (Å²) in [6, 6.07) is 8.31. The third-order valence-corrected chi connectivity index (χ3v) is 4.54. The minimum absolute atomic E-state index is 0.143. The van der Waals surface area contributed by atoms with Crippen molar-refractivity contribution in [1.82, 2.24) is 10.2 Å². The van der Waals surface area contributed by atoms with Crippen LogP contribution in [0.3, 0.4) is 0 Å². The second kappa shape index (κ2) is 6.02. The molecule has 1 aromatic rings. The first-order valence-electron chi connectivity index (χ1n) is 7.55. The molecule has 0 spiro atoms. The highest BCUT2D eigenvalue weighted by atomic mass is 19.1. The molecule has 0 amide bonds. The lowest BCUT2D eigenvalue weighted by Gasteiger charge is -2.30. The zero-order chi connectivity index (χ0) is 13.1. The summed E-state index contributed by atoms with van der Waals surface area (Å²) in [5.41, 5.74) is 1.23. The molecule has 0 unspecified atom stereocenters. The first kappa shape index (κ1) is 13.1. The quantitative estimate of drug-likeness (QED) is 0.881. The lowest BCUT2D eigenvalue weighted by Crippen LogP contribution is -2.43. The van der Waals surface area contributed by atoms with Gasteiger partial charge >= 0.3 is 0 Å². The highest BCUT2D eigenvalue weighted by Gasteiger charge is 2.33. The number of halogens is 1. The maximum absolute atomic E-state index is 12.9. The third kappa shape index (κ3) is 3.15. The second-order valence-corrected chi connectivity index (χ2v) is 5.86. The Hall–Kier alpha value is -0.930. The summed E-state index contributed by atoms with van der Waals surface area (Å²) in [5.74, 6) is -0.143. The molecule has 0 bridgehead atoms. The summed E-state index contributed by atoms with van der Waals surface area (Å²) >= 11 is 0. The molecule has 2 fully saturated rings. The lowest BCUT2D eigenvalue weighted by atomic mass is 9.99. The smallest absolute Gasteiger partial charge is 0.123 e. The Balaban J connectivity index is 1.65. The average molecular weight is 262 g/mol. The van der Waals surface area contributed by atoms with E-state index in [2.05, 4.69) is 10.2 Å². The number of nitrogens with one attached hydrogen (secondary N) is 1. The SMILES string of the molecule is Fc1ccc(CN2CC[C@@H]3NCCCCC[C@H]32)cc1. The molecule has 2 aliphatic rings. The summed E-state index contributed by atoms with van der Waals surface area (Å²) in [5, 5.41) is 3.71. The summed E-state index contributed by atoms with van der Waals surface area (Å²) < 4.78 is 12.9. The number of hydrogen-bond acceptors (Lipinski definition) is 2. The lowest BCUT2D eigenvalue weighted by molar-refractivity contribution is 0.204. The Morgan fingerprint density at radius 1 is 1.11 bits per heavy atom. The van der Waals surface area contributed by atoms with Crippen LogP contribution in [0.2, 0.25) is 0 Å². The first-order valence-corrected chi connectivity index (χ1v) is 7.55. The highest BCUT2D eigenvalue weighted by Crippen LogP contribution is 2.26. The van der Waals surface area contributed by atoms with Gasteiger partial charge in [0.2, 0.25) is 0 Å². The standard InChI is InChI=1S/C16H23FN2/c17-14-7-5-13(6-8-14)12-19-11-9-15-16(19)4-2-1-3-10-18-15/h5-8,15-16,18H,1-4,9-12H2/t15-,16+/m0/s1. The van der Waals surface area contributed by atoms with Gasteiger partial charge in [0.1, 0.15) is 5.82 Å². The normalized spacial score (nSPS) is 28.7. The Kier molecular flexibility index (Phi) is 4.14. The van der Waals surface area contributed by atoms with Crippen molar-refractivity contribution >= 4 is 0 Å². The van der Waals surface area contributed by atoms with Gasteiger partial charge < -0.3 is 5.32 Å². The van der Waals surface area contributed by atoms with Gasteiger partial charge in [-0.2, -0.15) is 0 Å². The predicted molar refractivity (Wildman–Crippen MR) is 75.5 cm³/mol. The van der Waals surface area contributed by atoms with Gasteiger partial charge in [0.15, 0.2) is 0 Å². The summed E-state index contributed by atoms with van der Waals surface area (Å²) in [6.07, 6.45) is 6.58. The van der Waals surface area contributed by atoms with Crippen LogP contribution in [-0.2, 0) is 6.54 Å². The fraction of sp³-hybridized carbons (Fsp3) is 0.625. The van der Waals surface area contributed by atoms with E-state index in [1.807, 2.05) is 12.1 Å². The van der Waals surface area contributed by atoms with E-state index in [0.717, 1.165) is 6.54 Å². The van der Waals surface area contributed by atoms with E-state index in [-0.39, 0.29) is 5.82 Å². The molecule has 0 aliphatic carbocycles. The number of benzene rings is 1. The van der Waals surface area contributed by atoms with E-state index in [0.29, 0.717) is 12.1 Å². The minimum Gasteiger partial charge on any atom is -0.312 e. The molecule has 2 heterocycles. The predicted octanol–water partition coefficient (Wildman–Crippen LogP) is 2.93. The van der Waals surface area contributed by atoms with Crippen molar-refractivity contribution in [1.29, 1.82) is 0 Å². The van der Waals surface area contributed by atoms with E-state index in [1.54, 1.807) is 12.1 Å². The average Bonchev–Trinajstić information content (AvgIpc) is 2.73. The van der Waals surface area contributed by atoms with E-state index in [4.69, 9.17) is 0 Å². The van der Waals surface area contributed by atoms with Gasteiger partial charge in [0.05, 0.1) is 0 Å². The molecule has 3 rings (SSSR count). The second-order valence-electron chi connectivity index (χ2n) is 5.86. The number of nitrogens with zero attached hydrogens (tertiary/aromatic N) is 1. The van der Waals surface area contributed by atoms with Crippen molar-refractivity contribution in [2.24, 2.45) is 0 Å². The third-order valence-electron chi connectivity index (χ3n) is 4.54. The van der Waals surface area contributed by atoms with Crippen LogP contribution in [0, 0.1) is 5.82 Å². The van der Waals surface area contributed by atoms with Crippen LogP contribution in [0.4, 0.5) is 4.39 Å². The molecule has 19 heavy (non-hydrogen) atoms. The van der Waals surface area contributed by atoms with E-state index in [1.165, 1.54) is 50.8 Å². The monoisotopic (exact) mass is 262 g/mol. The van der Waals surface area contributed by atoms with Crippen LogP contribution in [-0.4, -0.2) is 30.1 Å². The van der Waals surface area contributed by atoms with Crippen molar-refractivity contribution in [3.05, 3.63) is 35.6 Å². The molecule has 0 saturated carbocycles. The number of hydrogen-bond donors (Lipinski definition) is 1. The van der Waals surface area contributed by atoms with Crippen molar-refractivity contribution in [2.45, 2.75) is 50.7 Å². The van der Waals surface area contributed by atoms with E-state index in [9.17, 15) is 4.39 Å². The number of rotatable bonds is 2. The Morgan fingerprint density at radius 2 is 1.95 bits per heavy atom. The molecule has 2 nitrogen and oxygen atoms in total. The van der Waals surface area contributed by atoms with E-state index < -0.39 is 0 Å². The summed E-state index contributed by atoms with van der Waals surface area (Å²) in [6.45, 7) is 3.30. The largest absolute Gasteiger partial charge is 0.312 e. The van der Waals surface area contributed by atoms with Crippen LogP contribution in [0.15, 0.2) is 24.3 Å². The molecule has 2 aliphatic heterocycles. The van der Waals surface area contributed by atoms with Crippen LogP contribution < -0.4 is 5.32 Å². The van der Waals surface area contributed by atoms with Crippen LogP contribution in [0.25, 0.3) is 0 Å². The molecule has 1 N–H and O–H groups in total. The molecule has 104 valence electrons. The van der Waals surface area contributed by atoms with Gasteiger partial charge in [-0.1, -0.05) is 25.0 Å². The van der Waals surface area contributed by atoms with Crippen molar-refractivity contribution in [3.8, 4) is 0 Å². The van der Waals surface area contributed by atoms with Gasteiger partial charge in [0, 0.05) is 25.2 Å². The minimum atomic E-state index is -0.143. The molecule has 2 atom stereocenters. The topological polar surface area (TPSA) is 15.3 Å². The van der Waals surface area contributed by atoms with Gasteiger partial charge in [0.25, 0.3) is 0 Å². The number of likely N-dealkylation sites (tertiary alicyclic amines) is 1. The highest BCUT2D eigenvalue weighted by molar-refractivity contribution is 5.16. The molecule has 0 radical (unpaired) electrons. The molecule has 3 heteroatoms. The molecule has 1 aromatic carbocycles. The zero-order valence-corrected chi connectivity index (χ0v) is 11.4. The summed E-state index contributed by atoms with van der Waals surface area (Å²) in [7, 11) is 0. The van der Waals surface area contributed by atoms with Crippen LogP contribution in [0.1, 0.15) is 37.7 Å². The Morgan fingerprint density at radius 3 is 2.79 bits per heavy atom. The van der Waals surface area contributed by atoms with Crippen LogP contribution in [0.5, 0.6) is 0 Å². The van der Waals surface area contributed by atoms with Gasteiger partial charge in [-0.3, -0.25) is 4.90 Å². The maximum atomic E-state index is 12.9. The van der Waals surface area contributed by atoms with Crippen molar-refractivity contribution in [3.63, 3.8) is 0 Å². The molecular weight excluding hydrogens is 239 g/mol. The molecular formula is C16H23FN2. The maximum Gasteiger partial charge on any atom is 0.123 e. The molecule has 0 aromatic heterocycles. The first-order chi connectivity index (χ1) is 9.33. The summed E-state index contributed by atoms with van der Waals surface area (Å²) in [4.78, 5) is 2.58. The van der Waals surface area contributed by atoms with Crippen molar-refractivity contribution in [2.75, 3.05) is 13.1 Å². The number of fused-ring (bicyclic) bond motifs is 1. The van der Waals surface area contributed by atoms with Crippen LogP contribution >= 0.6 is 0 Å². The molecule has 2 saturated heterocycles. The fourth-order valence-electron chi connectivity index (χ4n) is 3.50. The van der Waals surface area contributed by atoms with Gasteiger partial charge in [-0.25, -0.2) is 4.39 Å². The fourth-order valence-corrected chi connectivity index (χ4v) is 3.50.